The van der Waals surface area contributed by atoms with E-state index in [1.54, 1.807) is 30.3 Å². The van der Waals surface area contributed by atoms with Gasteiger partial charge in [0.25, 0.3) is 0 Å². The van der Waals surface area contributed by atoms with Crippen molar-refractivity contribution in [3.8, 4) is 0 Å². The van der Waals surface area contributed by atoms with Gasteiger partial charge in [0.1, 0.15) is 12.6 Å². The number of halogens is 2. The second kappa shape index (κ2) is 14.6. The van der Waals surface area contributed by atoms with Gasteiger partial charge in [0.05, 0.1) is 11.9 Å². The Labute approximate surface area is 266 Å². The van der Waals surface area contributed by atoms with E-state index in [-0.39, 0.29) is 30.3 Å². The van der Waals surface area contributed by atoms with Crippen LogP contribution in [0.4, 0.5) is 5.69 Å². The second-order valence-corrected chi connectivity index (χ2v) is 14.5. The van der Waals surface area contributed by atoms with Gasteiger partial charge in [-0.2, -0.15) is 0 Å². The van der Waals surface area contributed by atoms with Gasteiger partial charge in [-0.15, -0.1) is 0 Å². The van der Waals surface area contributed by atoms with E-state index in [0.29, 0.717) is 27.7 Å². The lowest BCUT2D eigenvalue weighted by molar-refractivity contribution is -0.140. The Kier molecular flexibility index (Phi) is 11.7. The Bertz CT molecular complexity index is 1490. The first-order valence-electron chi connectivity index (χ1n) is 14.3. The first-order chi connectivity index (χ1) is 20.1. The van der Waals surface area contributed by atoms with Gasteiger partial charge in [0, 0.05) is 34.6 Å². The molecule has 1 N–H and O–H groups in total. The molecule has 232 valence electrons. The molecule has 0 heterocycles. The van der Waals surface area contributed by atoms with Crippen LogP contribution in [0.2, 0.25) is 10.0 Å². The molecule has 2 amide bonds. The first-order valence-corrected chi connectivity index (χ1v) is 16.9. The molecule has 3 aromatic rings. The molecule has 0 unspecified atom stereocenters. The van der Waals surface area contributed by atoms with Crippen molar-refractivity contribution in [1.29, 1.82) is 0 Å². The van der Waals surface area contributed by atoms with Crippen LogP contribution >= 0.6 is 23.2 Å². The SMILES string of the molecule is CC[C@@H](C)NC(=O)[C@H](Cc1ccccc1)N(Cc1c(Cl)cccc1Cl)C(=O)CN(c1ccc(C(C)(C)C)cc1)S(C)(=O)=O. The maximum absolute atomic E-state index is 14.3. The minimum Gasteiger partial charge on any atom is -0.352 e. The Hall–Kier alpha value is -3.07. The smallest absolute Gasteiger partial charge is 0.244 e. The highest BCUT2D eigenvalue weighted by Gasteiger charge is 2.34. The Morgan fingerprint density at radius 3 is 2.00 bits per heavy atom. The van der Waals surface area contributed by atoms with E-state index in [9.17, 15) is 18.0 Å². The molecular weight excluding hydrogens is 605 g/mol. The summed E-state index contributed by atoms with van der Waals surface area (Å²) in [6.45, 7) is 9.43. The quantitative estimate of drug-likeness (QED) is 0.240. The average molecular weight is 647 g/mol. The Morgan fingerprint density at radius 1 is 0.907 bits per heavy atom. The van der Waals surface area contributed by atoms with E-state index in [0.717, 1.165) is 21.7 Å². The van der Waals surface area contributed by atoms with Crippen LogP contribution in [0.1, 0.15) is 57.7 Å². The Balaban J connectivity index is 2.10. The topological polar surface area (TPSA) is 86.8 Å². The molecule has 7 nitrogen and oxygen atoms in total. The molecule has 0 radical (unpaired) electrons. The van der Waals surface area contributed by atoms with Crippen LogP contribution in [0.3, 0.4) is 0 Å². The van der Waals surface area contributed by atoms with Crippen molar-refractivity contribution in [3.63, 3.8) is 0 Å². The molecule has 0 fully saturated rings. The number of carbonyl (C=O) groups excluding carboxylic acids is 2. The monoisotopic (exact) mass is 645 g/mol. The predicted octanol–water partition coefficient (Wildman–Crippen LogP) is 6.61. The van der Waals surface area contributed by atoms with Crippen molar-refractivity contribution in [2.75, 3.05) is 17.1 Å². The summed E-state index contributed by atoms with van der Waals surface area (Å²) in [4.78, 5) is 29.5. The molecule has 0 saturated heterocycles. The number of benzene rings is 3. The lowest BCUT2D eigenvalue weighted by Crippen LogP contribution is -2.54. The third kappa shape index (κ3) is 9.46. The van der Waals surface area contributed by atoms with Crippen LogP contribution in [0, 0.1) is 0 Å². The van der Waals surface area contributed by atoms with Crippen LogP contribution in [0.15, 0.2) is 72.8 Å². The zero-order chi connectivity index (χ0) is 31.9. The first kappa shape index (κ1) is 34.4. The number of rotatable bonds is 12. The van der Waals surface area contributed by atoms with Gasteiger partial charge < -0.3 is 10.2 Å². The fourth-order valence-electron chi connectivity index (χ4n) is 4.59. The molecule has 10 heteroatoms. The van der Waals surface area contributed by atoms with E-state index < -0.39 is 28.5 Å². The lowest BCUT2D eigenvalue weighted by atomic mass is 9.87. The number of anilines is 1. The summed E-state index contributed by atoms with van der Waals surface area (Å²) < 4.78 is 27.2. The Morgan fingerprint density at radius 2 is 1.49 bits per heavy atom. The summed E-state index contributed by atoms with van der Waals surface area (Å²) in [5.41, 5.74) is 2.55. The molecule has 43 heavy (non-hydrogen) atoms. The molecular formula is C33H41Cl2N3O4S. The summed E-state index contributed by atoms with van der Waals surface area (Å²) in [6, 6.07) is 20.4. The normalized spacial score (nSPS) is 13.2. The summed E-state index contributed by atoms with van der Waals surface area (Å²) in [5.74, 6) is -0.920. The number of hydrogen-bond acceptors (Lipinski definition) is 4. The van der Waals surface area contributed by atoms with Gasteiger partial charge >= 0.3 is 0 Å². The number of nitrogens with zero attached hydrogens (tertiary/aromatic N) is 2. The summed E-state index contributed by atoms with van der Waals surface area (Å²) in [7, 11) is -3.88. The fraction of sp³-hybridized carbons (Fsp3) is 0.394. The molecule has 0 aliphatic carbocycles. The molecule has 0 spiro atoms. The highest BCUT2D eigenvalue weighted by molar-refractivity contribution is 7.92. The lowest BCUT2D eigenvalue weighted by Gasteiger charge is -2.34. The maximum atomic E-state index is 14.3. The van der Waals surface area contributed by atoms with Gasteiger partial charge in [-0.05, 0) is 54.2 Å². The van der Waals surface area contributed by atoms with Crippen LogP contribution in [0.25, 0.3) is 0 Å². The van der Waals surface area contributed by atoms with Gasteiger partial charge in [-0.3, -0.25) is 13.9 Å². The molecule has 3 aromatic carbocycles. The molecule has 2 atom stereocenters. The van der Waals surface area contributed by atoms with Crippen LogP contribution in [-0.4, -0.2) is 50.0 Å². The fourth-order valence-corrected chi connectivity index (χ4v) is 5.96. The molecule has 0 aliphatic heterocycles. The highest BCUT2D eigenvalue weighted by atomic mass is 35.5. The van der Waals surface area contributed by atoms with Crippen molar-refractivity contribution in [1.82, 2.24) is 10.2 Å². The molecule has 0 bridgehead atoms. The number of sulfonamides is 1. The maximum Gasteiger partial charge on any atom is 0.244 e. The molecule has 3 rings (SSSR count). The van der Waals surface area contributed by atoms with Gasteiger partial charge in [-0.25, -0.2) is 8.42 Å². The zero-order valence-corrected chi connectivity index (χ0v) is 27.9. The second-order valence-electron chi connectivity index (χ2n) is 11.8. The third-order valence-corrected chi connectivity index (χ3v) is 9.21. The largest absolute Gasteiger partial charge is 0.352 e. The van der Waals surface area contributed by atoms with E-state index in [4.69, 9.17) is 23.2 Å². The van der Waals surface area contributed by atoms with Crippen LogP contribution < -0.4 is 9.62 Å². The highest BCUT2D eigenvalue weighted by Crippen LogP contribution is 2.29. The van der Waals surface area contributed by atoms with Gasteiger partial charge in [-0.1, -0.05) is 99.4 Å². The van der Waals surface area contributed by atoms with Crippen molar-refractivity contribution >= 4 is 50.7 Å². The minimum atomic E-state index is -3.88. The van der Waals surface area contributed by atoms with E-state index in [2.05, 4.69) is 26.1 Å². The number of nitrogens with one attached hydrogen (secondary N) is 1. The van der Waals surface area contributed by atoms with Crippen molar-refractivity contribution in [3.05, 3.63) is 99.5 Å². The third-order valence-electron chi connectivity index (χ3n) is 7.36. The molecule has 0 aliphatic rings. The number of carbonyl (C=O) groups is 2. The summed E-state index contributed by atoms with van der Waals surface area (Å²) in [6.07, 6.45) is 1.96. The number of hydrogen-bond donors (Lipinski definition) is 1. The predicted molar refractivity (Wildman–Crippen MR) is 176 cm³/mol. The van der Waals surface area contributed by atoms with Crippen molar-refractivity contribution < 1.29 is 18.0 Å². The van der Waals surface area contributed by atoms with Gasteiger partial charge in [0.15, 0.2) is 0 Å². The average Bonchev–Trinajstić information content (AvgIpc) is 2.94. The standard InChI is InChI=1S/C33H41Cl2N3O4S/c1-7-23(2)36-32(40)30(20-24-12-9-8-10-13-24)37(21-27-28(34)14-11-15-29(27)35)31(39)22-38(43(6,41)42)26-18-16-25(17-19-26)33(3,4)5/h8-19,23,30H,7,20-22H2,1-6H3,(H,36,40)/t23-,30+/m1/s1. The summed E-state index contributed by atoms with van der Waals surface area (Å²) >= 11 is 13.1. The van der Waals surface area contributed by atoms with Crippen LogP contribution in [0.5, 0.6) is 0 Å². The zero-order valence-electron chi connectivity index (χ0n) is 25.6. The molecule has 0 saturated carbocycles. The minimum absolute atomic E-state index is 0.0939. The van der Waals surface area contributed by atoms with Crippen molar-refractivity contribution in [2.45, 2.75) is 71.5 Å². The summed E-state index contributed by atoms with van der Waals surface area (Å²) in [5, 5.41) is 3.68. The number of amides is 2. The van der Waals surface area contributed by atoms with Crippen molar-refractivity contribution in [2.24, 2.45) is 0 Å². The van der Waals surface area contributed by atoms with E-state index in [1.165, 1.54) is 4.90 Å². The van der Waals surface area contributed by atoms with Crippen LogP contribution in [-0.2, 0) is 38.0 Å². The van der Waals surface area contributed by atoms with E-state index in [1.807, 2.05) is 56.3 Å². The van der Waals surface area contributed by atoms with Gasteiger partial charge in [0.2, 0.25) is 21.8 Å². The molecule has 0 aromatic heterocycles. The van der Waals surface area contributed by atoms with E-state index >= 15 is 0 Å².